The molecule has 1 atom stereocenters. The van der Waals surface area contributed by atoms with E-state index in [1.54, 1.807) is 4.90 Å². The molecular formula is C14H20ClN5O. The number of anilines is 1. The molecule has 0 aromatic carbocycles. The third-order valence-electron chi connectivity index (χ3n) is 4.17. The molecule has 0 bridgehead atoms. The zero-order valence-electron chi connectivity index (χ0n) is 12.1. The molecule has 1 aliphatic carbocycles. The van der Waals surface area contributed by atoms with E-state index in [1.165, 1.54) is 18.4 Å². The molecule has 0 radical (unpaired) electrons. The van der Waals surface area contributed by atoms with E-state index in [1.807, 2.05) is 13.2 Å². The van der Waals surface area contributed by atoms with Gasteiger partial charge < -0.3 is 15.5 Å². The average molecular weight is 310 g/mol. The van der Waals surface area contributed by atoms with Crippen molar-refractivity contribution in [2.75, 3.05) is 25.5 Å². The quantitative estimate of drug-likeness (QED) is 0.624. The average Bonchev–Trinajstić information content (AvgIpc) is 3.25. The van der Waals surface area contributed by atoms with Gasteiger partial charge in [0.05, 0.1) is 6.04 Å². The topological polar surface area (TPSA) is 70.2 Å². The van der Waals surface area contributed by atoms with Crippen molar-refractivity contribution in [1.29, 1.82) is 0 Å². The van der Waals surface area contributed by atoms with Crippen LogP contribution >= 0.6 is 11.6 Å². The van der Waals surface area contributed by atoms with Crippen LogP contribution in [-0.4, -0.2) is 47.1 Å². The van der Waals surface area contributed by atoms with Gasteiger partial charge in [-0.1, -0.05) is 0 Å². The Morgan fingerprint density at radius 2 is 2.33 bits per heavy atom. The zero-order chi connectivity index (χ0) is 14.8. The maximum absolute atomic E-state index is 11.4. The standard InChI is InChI=1S/C14H20ClN5O/c1-20-10(7-18-14(20)21)3-2-6-16-12-11(9-4-5-9)8-17-13(15)19-12/h8-10H,2-7H2,1H3,(H,18,21)(H,16,17,19). The lowest BCUT2D eigenvalue weighted by Gasteiger charge is -2.18. The summed E-state index contributed by atoms with van der Waals surface area (Å²) >= 11 is 5.88. The highest BCUT2D eigenvalue weighted by molar-refractivity contribution is 6.28. The molecule has 6 nitrogen and oxygen atoms in total. The third-order valence-corrected chi connectivity index (χ3v) is 4.35. The number of hydrogen-bond acceptors (Lipinski definition) is 4. The Labute approximate surface area is 129 Å². The molecule has 7 heteroatoms. The fraction of sp³-hybridized carbons (Fsp3) is 0.643. The van der Waals surface area contributed by atoms with Crippen molar-refractivity contribution in [2.24, 2.45) is 0 Å². The Bertz CT molecular complexity index is 534. The summed E-state index contributed by atoms with van der Waals surface area (Å²) in [7, 11) is 1.84. The summed E-state index contributed by atoms with van der Waals surface area (Å²) in [6.45, 7) is 1.56. The van der Waals surface area contributed by atoms with Gasteiger partial charge in [-0.15, -0.1) is 0 Å². The molecular weight excluding hydrogens is 290 g/mol. The Kier molecular flexibility index (Phi) is 4.14. The van der Waals surface area contributed by atoms with Crippen molar-refractivity contribution in [3.05, 3.63) is 17.0 Å². The van der Waals surface area contributed by atoms with Crippen LogP contribution in [0.4, 0.5) is 10.6 Å². The van der Waals surface area contributed by atoms with Gasteiger partial charge in [0.2, 0.25) is 5.28 Å². The number of nitrogens with one attached hydrogen (secondary N) is 2. The van der Waals surface area contributed by atoms with Gasteiger partial charge in [0.15, 0.2) is 0 Å². The summed E-state index contributed by atoms with van der Waals surface area (Å²) in [4.78, 5) is 21.5. The SMILES string of the molecule is CN1C(=O)NCC1CCCNc1nc(Cl)ncc1C1CC1. The van der Waals surface area contributed by atoms with E-state index >= 15 is 0 Å². The molecule has 2 aliphatic rings. The Morgan fingerprint density at radius 1 is 1.52 bits per heavy atom. The first-order chi connectivity index (χ1) is 10.1. The highest BCUT2D eigenvalue weighted by Gasteiger charge is 2.28. The van der Waals surface area contributed by atoms with Crippen LogP contribution in [-0.2, 0) is 0 Å². The Balaban J connectivity index is 1.49. The van der Waals surface area contributed by atoms with E-state index in [2.05, 4.69) is 20.6 Å². The molecule has 2 amide bonds. The molecule has 1 aromatic heterocycles. The van der Waals surface area contributed by atoms with E-state index in [9.17, 15) is 4.79 Å². The molecule has 114 valence electrons. The first-order valence-corrected chi connectivity index (χ1v) is 7.80. The van der Waals surface area contributed by atoms with Crippen molar-refractivity contribution < 1.29 is 4.79 Å². The Morgan fingerprint density at radius 3 is 3.00 bits per heavy atom. The number of halogens is 1. The van der Waals surface area contributed by atoms with Gasteiger partial charge in [-0.3, -0.25) is 0 Å². The summed E-state index contributed by atoms with van der Waals surface area (Å²) < 4.78 is 0. The molecule has 1 aromatic rings. The van der Waals surface area contributed by atoms with Crippen LogP contribution in [0.25, 0.3) is 0 Å². The number of amides is 2. The zero-order valence-corrected chi connectivity index (χ0v) is 12.9. The minimum Gasteiger partial charge on any atom is -0.370 e. The smallest absolute Gasteiger partial charge is 0.317 e. The summed E-state index contributed by atoms with van der Waals surface area (Å²) in [5, 5.41) is 6.50. The number of rotatable bonds is 6. The molecule has 1 saturated heterocycles. The van der Waals surface area contributed by atoms with Crippen molar-refractivity contribution in [3.8, 4) is 0 Å². The highest BCUT2D eigenvalue weighted by atomic mass is 35.5. The van der Waals surface area contributed by atoms with Crippen LogP contribution in [0.15, 0.2) is 6.20 Å². The summed E-state index contributed by atoms with van der Waals surface area (Å²) in [6, 6.07) is 0.308. The molecule has 1 unspecified atom stereocenters. The van der Waals surface area contributed by atoms with Gasteiger partial charge in [-0.2, -0.15) is 0 Å². The first kappa shape index (κ1) is 14.4. The van der Waals surface area contributed by atoms with E-state index in [-0.39, 0.29) is 17.4 Å². The number of aromatic nitrogens is 2. The van der Waals surface area contributed by atoms with E-state index in [4.69, 9.17) is 11.6 Å². The molecule has 21 heavy (non-hydrogen) atoms. The second-order valence-electron chi connectivity index (χ2n) is 5.74. The van der Waals surface area contributed by atoms with Crippen molar-refractivity contribution >= 4 is 23.4 Å². The largest absolute Gasteiger partial charge is 0.370 e. The number of likely N-dealkylation sites (N-methyl/N-ethyl adjacent to an activating group) is 1. The second-order valence-corrected chi connectivity index (χ2v) is 6.08. The maximum Gasteiger partial charge on any atom is 0.317 e. The van der Waals surface area contributed by atoms with Crippen LogP contribution < -0.4 is 10.6 Å². The fourth-order valence-electron chi connectivity index (χ4n) is 2.68. The lowest BCUT2D eigenvalue weighted by atomic mass is 10.1. The molecule has 0 spiro atoms. The number of hydrogen-bond donors (Lipinski definition) is 2. The maximum atomic E-state index is 11.4. The third kappa shape index (κ3) is 3.37. The van der Waals surface area contributed by atoms with Crippen LogP contribution in [0, 0.1) is 0 Å². The molecule has 2 fully saturated rings. The van der Waals surface area contributed by atoms with Crippen LogP contribution in [0.3, 0.4) is 0 Å². The number of urea groups is 1. The number of nitrogens with zero attached hydrogens (tertiary/aromatic N) is 3. The second kappa shape index (κ2) is 6.05. The van der Waals surface area contributed by atoms with Crippen molar-refractivity contribution in [2.45, 2.75) is 37.6 Å². The highest BCUT2D eigenvalue weighted by Crippen LogP contribution is 2.42. The lowest BCUT2D eigenvalue weighted by Crippen LogP contribution is -2.30. The van der Waals surface area contributed by atoms with Gasteiger partial charge in [0.25, 0.3) is 0 Å². The van der Waals surface area contributed by atoms with Crippen LogP contribution in [0.2, 0.25) is 5.28 Å². The predicted molar refractivity (Wildman–Crippen MR) is 81.7 cm³/mol. The van der Waals surface area contributed by atoms with Gasteiger partial charge in [-0.05, 0) is 43.2 Å². The number of carbonyl (C=O) groups is 1. The van der Waals surface area contributed by atoms with Crippen molar-refractivity contribution in [3.63, 3.8) is 0 Å². The van der Waals surface area contributed by atoms with Crippen LogP contribution in [0.5, 0.6) is 0 Å². The summed E-state index contributed by atoms with van der Waals surface area (Å²) in [6.07, 6.45) is 6.21. The van der Waals surface area contributed by atoms with Gasteiger partial charge >= 0.3 is 6.03 Å². The summed E-state index contributed by atoms with van der Waals surface area (Å²) in [5.41, 5.74) is 1.18. The minimum atomic E-state index is 0.0200. The minimum absolute atomic E-state index is 0.0200. The van der Waals surface area contributed by atoms with Gasteiger partial charge in [0.1, 0.15) is 5.82 Å². The number of carbonyl (C=O) groups excluding carboxylic acids is 1. The molecule has 3 rings (SSSR count). The molecule has 1 saturated carbocycles. The van der Waals surface area contributed by atoms with E-state index in [0.717, 1.165) is 31.7 Å². The van der Waals surface area contributed by atoms with Gasteiger partial charge in [-0.25, -0.2) is 14.8 Å². The van der Waals surface area contributed by atoms with Gasteiger partial charge in [0, 0.05) is 31.9 Å². The van der Waals surface area contributed by atoms with Crippen molar-refractivity contribution in [1.82, 2.24) is 20.2 Å². The molecule has 2 N–H and O–H groups in total. The van der Waals surface area contributed by atoms with Crippen LogP contribution in [0.1, 0.15) is 37.2 Å². The summed E-state index contributed by atoms with van der Waals surface area (Å²) in [5.74, 6) is 1.46. The van der Waals surface area contributed by atoms with E-state index in [0.29, 0.717) is 5.92 Å². The van der Waals surface area contributed by atoms with E-state index < -0.39 is 0 Å². The fourth-order valence-corrected chi connectivity index (χ4v) is 2.81. The normalized spacial score (nSPS) is 21.5. The lowest BCUT2D eigenvalue weighted by molar-refractivity contribution is 0.214. The first-order valence-electron chi connectivity index (χ1n) is 7.42. The molecule has 1 aliphatic heterocycles. The molecule has 2 heterocycles. The monoisotopic (exact) mass is 309 g/mol. The Hall–Kier alpha value is -1.56. The predicted octanol–water partition coefficient (Wildman–Crippen LogP) is 2.22.